The number of para-hydroxylation sites is 1. The molecule has 100 valence electrons. The van der Waals surface area contributed by atoms with Gasteiger partial charge >= 0.3 is 5.97 Å². The number of thiophene rings is 1. The normalized spacial score (nSPS) is 10.6. The molecule has 0 aliphatic heterocycles. The standard InChI is InChI=1S/C15H11NO3S/c17-13(14-6-3-7-20-14)9-19-15(18)11-8-16-12-5-2-1-4-10(11)12/h1-8,16H,9H2. The number of aromatic nitrogens is 1. The van der Waals surface area contributed by atoms with E-state index in [0.717, 1.165) is 10.9 Å². The quantitative estimate of drug-likeness (QED) is 0.591. The molecule has 4 nitrogen and oxygen atoms in total. The fourth-order valence-electron chi connectivity index (χ4n) is 1.96. The Morgan fingerprint density at radius 2 is 2.00 bits per heavy atom. The van der Waals surface area contributed by atoms with E-state index < -0.39 is 5.97 Å². The summed E-state index contributed by atoms with van der Waals surface area (Å²) < 4.78 is 5.08. The summed E-state index contributed by atoms with van der Waals surface area (Å²) in [5.41, 5.74) is 1.31. The van der Waals surface area contributed by atoms with E-state index >= 15 is 0 Å². The van der Waals surface area contributed by atoms with E-state index in [1.807, 2.05) is 29.6 Å². The van der Waals surface area contributed by atoms with Gasteiger partial charge < -0.3 is 9.72 Å². The van der Waals surface area contributed by atoms with Crippen molar-refractivity contribution in [2.45, 2.75) is 0 Å². The summed E-state index contributed by atoms with van der Waals surface area (Å²) in [7, 11) is 0. The van der Waals surface area contributed by atoms with Crippen LogP contribution in [0.4, 0.5) is 0 Å². The predicted molar refractivity (Wildman–Crippen MR) is 77.2 cm³/mol. The number of hydrogen-bond acceptors (Lipinski definition) is 4. The van der Waals surface area contributed by atoms with Crippen LogP contribution in [0.3, 0.4) is 0 Å². The molecule has 3 aromatic rings. The largest absolute Gasteiger partial charge is 0.454 e. The first-order valence-electron chi connectivity index (χ1n) is 6.05. The smallest absolute Gasteiger partial charge is 0.340 e. The maximum absolute atomic E-state index is 12.0. The highest BCUT2D eigenvalue weighted by molar-refractivity contribution is 7.12. The number of hydrogen-bond donors (Lipinski definition) is 1. The Labute approximate surface area is 119 Å². The minimum atomic E-state index is -0.493. The van der Waals surface area contributed by atoms with Gasteiger partial charge in [-0.05, 0) is 17.5 Å². The molecule has 0 saturated carbocycles. The summed E-state index contributed by atoms with van der Waals surface area (Å²) in [4.78, 5) is 27.4. The van der Waals surface area contributed by atoms with Crippen molar-refractivity contribution in [2.75, 3.05) is 6.61 Å². The van der Waals surface area contributed by atoms with E-state index in [1.165, 1.54) is 11.3 Å². The van der Waals surface area contributed by atoms with Crippen molar-refractivity contribution in [3.05, 3.63) is 58.4 Å². The van der Waals surface area contributed by atoms with Crippen LogP contribution in [0.15, 0.2) is 48.0 Å². The Kier molecular flexibility index (Phi) is 3.35. The van der Waals surface area contributed by atoms with Gasteiger partial charge in [-0.15, -0.1) is 11.3 Å². The van der Waals surface area contributed by atoms with Gasteiger partial charge in [0.05, 0.1) is 10.4 Å². The van der Waals surface area contributed by atoms with Crippen molar-refractivity contribution in [3.63, 3.8) is 0 Å². The lowest BCUT2D eigenvalue weighted by Gasteiger charge is -2.02. The fourth-order valence-corrected chi connectivity index (χ4v) is 2.61. The summed E-state index contributed by atoms with van der Waals surface area (Å²) in [5.74, 6) is -0.680. The highest BCUT2D eigenvalue weighted by atomic mass is 32.1. The highest BCUT2D eigenvalue weighted by Gasteiger charge is 2.15. The highest BCUT2D eigenvalue weighted by Crippen LogP contribution is 2.18. The van der Waals surface area contributed by atoms with E-state index in [-0.39, 0.29) is 12.4 Å². The van der Waals surface area contributed by atoms with E-state index in [9.17, 15) is 9.59 Å². The summed E-state index contributed by atoms with van der Waals surface area (Å²) in [5, 5.41) is 2.61. The molecule has 0 radical (unpaired) electrons. The SMILES string of the molecule is O=C(COC(=O)c1c[nH]c2ccccc12)c1cccs1. The molecule has 0 amide bonds. The average molecular weight is 285 g/mol. The molecule has 1 N–H and O–H groups in total. The van der Waals surface area contributed by atoms with Crippen molar-refractivity contribution >= 4 is 34.0 Å². The molecule has 20 heavy (non-hydrogen) atoms. The van der Waals surface area contributed by atoms with Crippen LogP contribution < -0.4 is 0 Å². The zero-order chi connectivity index (χ0) is 13.9. The molecule has 1 aromatic carbocycles. The number of benzene rings is 1. The Balaban J connectivity index is 1.72. The monoisotopic (exact) mass is 285 g/mol. The van der Waals surface area contributed by atoms with Crippen LogP contribution >= 0.6 is 11.3 Å². The lowest BCUT2D eigenvalue weighted by Crippen LogP contribution is -2.13. The second-order valence-corrected chi connectivity index (χ2v) is 5.17. The zero-order valence-electron chi connectivity index (χ0n) is 10.5. The molecule has 0 unspecified atom stereocenters. The summed E-state index contributed by atoms with van der Waals surface area (Å²) in [6, 6.07) is 11.0. The summed E-state index contributed by atoms with van der Waals surface area (Å²) >= 11 is 1.34. The van der Waals surface area contributed by atoms with Crippen LogP contribution in [0.1, 0.15) is 20.0 Å². The van der Waals surface area contributed by atoms with E-state index in [4.69, 9.17) is 4.74 Å². The van der Waals surface area contributed by atoms with Crippen LogP contribution in [-0.2, 0) is 4.74 Å². The van der Waals surface area contributed by atoms with E-state index in [1.54, 1.807) is 18.3 Å². The molecule has 0 saturated heterocycles. The van der Waals surface area contributed by atoms with Crippen molar-refractivity contribution < 1.29 is 14.3 Å². The van der Waals surface area contributed by atoms with Gasteiger partial charge in [-0.3, -0.25) is 4.79 Å². The maximum atomic E-state index is 12.0. The number of aromatic amines is 1. The van der Waals surface area contributed by atoms with Gasteiger partial charge in [0, 0.05) is 17.1 Å². The molecule has 5 heteroatoms. The number of H-pyrrole nitrogens is 1. The molecular formula is C15H11NO3S. The molecule has 0 aliphatic carbocycles. The number of fused-ring (bicyclic) bond motifs is 1. The third-order valence-corrected chi connectivity index (χ3v) is 3.85. The average Bonchev–Trinajstić information content (AvgIpc) is 3.13. The number of rotatable bonds is 4. The summed E-state index contributed by atoms with van der Waals surface area (Å²) in [6.45, 7) is -0.237. The first-order valence-corrected chi connectivity index (χ1v) is 6.93. The molecule has 0 bridgehead atoms. The molecule has 0 fully saturated rings. The molecule has 3 rings (SSSR count). The Hall–Kier alpha value is -2.40. The number of ketones is 1. The maximum Gasteiger partial charge on any atom is 0.340 e. The Bertz CT molecular complexity index is 758. The summed E-state index contributed by atoms with van der Waals surface area (Å²) in [6.07, 6.45) is 1.60. The third-order valence-electron chi connectivity index (χ3n) is 2.94. The van der Waals surface area contributed by atoms with Crippen LogP contribution in [0.5, 0.6) is 0 Å². The molecule has 0 spiro atoms. The minimum Gasteiger partial charge on any atom is -0.454 e. The second-order valence-electron chi connectivity index (χ2n) is 4.22. The van der Waals surface area contributed by atoms with E-state index in [2.05, 4.69) is 4.98 Å². The van der Waals surface area contributed by atoms with Crippen LogP contribution in [0.25, 0.3) is 10.9 Å². The van der Waals surface area contributed by atoms with E-state index in [0.29, 0.717) is 10.4 Å². The van der Waals surface area contributed by atoms with Gasteiger partial charge in [0.1, 0.15) is 0 Å². The van der Waals surface area contributed by atoms with Crippen LogP contribution in [-0.4, -0.2) is 23.3 Å². The van der Waals surface area contributed by atoms with Gasteiger partial charge in [0.25, 0.3) is 0 Å². The molecule has 0 atom stereocenters. The zero-order valence-corrected chi connectivity index (χ0v) is 11.3. The number of ether oxygens (including phenoxy) is 1. The van der Waals surface area contributed by atoms with Gasteiger partial charge in [0.2, 0.25) is 5.78 Å². The van der Waals surface area contributed by atoms with Crippen LogP contribution in [0, 0.1) is 0 Å². The second kappa shape index (κ2) is 5.30. The molecule has 2 aromatic heterocycles. The first kappa shape index (κ1) is 12.6. The Morgan fingerprint density at radius 3 is 2.80 bits per heavy atom. The molecule has 0 aliphatic rings. The molecular weight excluding hydrogens is 274 g/mol. The number of carbonyl (C=O) groups excluding carboxylic acids is 2. The van der Waals surface area contributed by atoms with Crippen molar-refractivity contribution in [1.82, 2.24) is 4.98 Å². The van der Waals surface area contributed by atoms with Gasteiger partial charge in [-0.1, -0.05) is 24.3 Å². The first-order chi connectivity index (χ1) is 9.75. The predicted octanol–water partition coefficient (Wildman–Crippen LogP) is 3.27. The van der Waals surface area contributed by atoms with Crippen molar-refractivity contribution in [1.29, 1.82) is 0 Å². The molecule has 2 heterocycles. The lowest BCUT2D eigenvalue weighted by molar-refractivity contribution is 0.0478. The number of nitrogens with one attached hydrogen (secondary N) is 1. The van der Waals surface area contributed by atoms with Gasteiger partial charge in [0.15, 0.2) is 6.61 Å². The van der Waals surface area contributed by atoms with Crippen molar-refractivity contribution in [3.8, 4) is 0 Å². The lowest BCUT2D eigenvalue weighted by atomic mass is 10.2. The fraction of sp³-hybridized carbons (Fsp3) is 0.0667. The van der Waals surface area contributed by atoms with Crippen LogP contribution in [0.2, 0.25) is 0 Å². The van der Waals surface area contributed by atoms with Gasteiger partial charge in [-0.25, -0.2) is 4.79 Å². The minimum absolute atomic E-state index is 0.187. The van der Waals surface area contributed by atoms with Crippen molar-refractivity contribution in [2.24, 2.45) is 0 Å². The Morgan fingerprint density at radius 1 is 1.15 bits per heavy atom. The van der Waals surface area contributed by atoms with Gasteiger partial charge in [-0.2, -0.15) is 0 Å². The number of esters is 1. The topological polar surface area (TPSA) is 59.2 Å². The number of carbonyl (C=O) groups is 2. The third kappa shape index (κ3) is 2.35. The number of Topliss-reactive ketones (excluding diaryl/α,β-unsaturated/α-hetero) is 1.